The summed E-state index contributed by atoms with van der Waals surface area (Å²) < 4.78 is 5.50. The van der Waals surface area contributed by atoms with Crippen LogP contribution >= 0.6 is 0 Å². The molecule has 2 amide bonds. The molecule has 1 fully saturated rings. The van der Waals surface area contributed by atoms with E-state index in [1.165, 1.54) is 0 Å². The molecular formula is C25H26N2O3. The van der Waals surface area contributed by atoms with Gasteiger partial charge in [0.2, 0.25) is 5.91 Å². The maximum atomic E-state index is 13.0. The first kappa shape index (κ1) is 20.0. The van der Waals surface area contributed by atoms with Gasteiger partial charge in [-0.05, 0) is 78.1 Å². The molecule has 0 saturated carbocycles. The molecule has 154 valence electrons. The van der Waals surface area contributed by atoms with Crippen LogP contribution < -0.4 is 10.1 Å². The van der Waals surface area contributed by atoms with Crippen molar-refractivity contribution >= 4 is 22.6 Å². The minimum Gasteiger partial charge on any atom is -0.496 e. The molecule has 5 nitrogen and oxygen atoms in total. The Bertz CT molecular complexity index is 1130. The zero-order valence-corrected chi connectivity index (χ0v) is 17.8. The van der Waals surface area contributed by atoms with E-state index in [4.69, 9.17) is 4.74 Å². The van der Waals surface area contributed by atoms with Gasteiger partial charge in [-0.25, -0.2) is 0 Å². The van der Waals surface area contributed by atoms with Gasteiger partial charge in [-0.3, -0.25) is 9.59 Å². The van der Waals surface area contributed by atoms with Gasteiger partial charge in [-0.15, -0.1) is 0 Å². The molecule has 5 heteroatoms. The zero-order chi connectivity index (χ0) is 21.4. The van der Waals surface area contributed by atoms with Gasteiger partial charge in [0.05, 0.1) is 7.11 Å². The van der Waals surface area contributed by atoms with E-state index in [9.17, 15) is 9.59 Å². The number of hydrogen-bond donors (Lipinski definition) is 1. The van der Waals surface area contributed by atoms with Crippen LogP contribution in [-0.2, 0) is 4.79 Å². The second kappa shape index (κ2) is 7.82. The van der Waals surface area contributed by atoms with Crippen LogP contribution in [0.15, 0.2) is 48.5 Å². The number of methoxy groups -OCH3 is 1. The minimum atomic E-state index is -0.460. The fraction of sp³-hybridized carbons (Fsp3) is 0.280. The van der Waals surface area contributed by atoms with Crippen molar-refractivity contribution in [1.29, 1.82) is 0 Å². The summed E-state index contributed by atoms with van der Waals surface area (Å²) in [5.74, 6) is 0.690. The Labute approximate surface area is 176 Å². The number of amides is 2. The van der Waals surface area contributed by atoms with E-state index in [0.717, 1.165) is 38.8 Å². The molecule has 0 radical (unpaired) electrons. The predicted octanol–water partition coefficient (Wildman–Crippen LogP) is 4.09. The average Bonchev–Trinajstić information content (AvgIpc) is 2.74. The van der Waals surface area contributed by atoms with Crippen molar-refractivity contribution in [2.24, 2.45) is 0 Å². The van der Waals surface area contributed by atoms with E-state index in [0.29, 0.717) is 18.7 Å². The molecule has 1 aliphatic rings. The summed E-state index contributed by atoms with van der Waals surface area (Å²) in [6.45, 7) is 6.87. The SMILES string of the molecule is COc1c(C)cc(-c2cccc3cc(C(=O)N4CCNC(=O)C4C)ccc23)cc1C. The lowest BCUT2D eigenvalue weighted by Crippen LogP contribution is -2.55. The highest BCUT2D eigenvalue weighted by atomic mass is 16.5. The minimum absolute atomic E-state index is 0.108. The van der Waals surface area contributed by atoms with E-state index in [-0.39, 0.29) is 11.8 Å². The Morgan fingerprint density at radius 1 is 1.10 bits per heavy atom. The maximum Gasteiger partial charge on any atom is 0.254 e. The van der Waals surface area contributed by atoms with Gasteiger partial charge < -0.3 is 15.0 Å². The van der Waals surface area contributed by atoms with Crippen molar-refractivity contribution in [3.8, 4) is 16.9 Å². The second-order valence-corrected chi connectivity index (χ2v) is 7.85. The summed E-state index contributed by atoms with van der Waals surface area (Å²) in [6, 6.07) is 15.7. The summed E-state index contributed by atoms with van der Waals surface area (Å²) in [5, 5.41) is 4.88. The molecule has 3 aromatic carbocycles. The van der Waals surface area contributed by atoms with Crippen LogP contribution in [0.2, 0.25) is 0 Å². The molecule has 0 spiro atoms. The van der Waals surface area contributed by atoms with Crippen LogP contribution in [0.1, 0.15) is 28.4 Å². The summed E-state index contributed by atoms with van der Waals surface area (Å²) in [7, 11) is 1.69. The normalized spacial score (nSPS) is 16.5. The molecule has 1 unspecified atom stereocenters. The molecule has 1 heterocycles. The quantitative estimate of drug-likeness (QED) is 0.718. The lowest BCUT2D eigenvalue weighted by molar-refractivity contribution is -0.127. The van der Waals surface area contributed by atoms with Crippen LogP contribution in [0.4, 0.5) is 0 Å². The van der Waals surface area contributed by atoms with Crippen molar-refractivity contribution in [2.75, 3.05) is 20.2 Å². The van der Waals surface area contributed by atoms with Crippen LogP contribution in [0.5, 0.6) is 5.75 Å². The molecule has 1 aliphatic heterocycles. The average molecular weight is 402 g/mol. The van der Waals surface area contributed by atoms with E-state index in [2.05, 4.69) is 23.5 Å². The highest BCUT2D eigenvalue weighted by Crippen LogP contribution is 2.34. The van der Waals surface area contributed by atoms with Gasteiger partial charge in [0.25, 0.3) is 5.91 Å². The molecule has 0 bridgehead atoms. The number of benzene rings is 3. The van der Waals surface area contributed by atoms with Crippen LogP contribution in [0, 0.1) is 13.8 Å². The zero-order valence-electron chi connectivity index (χ0n) is 17.8. The van der Waals surface area contributed by atoms with Crippen molar-refractivity contribution in [1.82, 2.24) is 10.2 Å². The first-order chi connectivity index (χ1) is 14.4. The number of aryl methyl sites for hydroxylation is 2. The standard InChI is InChI=1S/C25H26N2O3/c1-15-12-20(13-16(2)23(15)30-4)21-7-5-6-18-14-19(8-9-22(18)21)25(29)27-11-10-26-24(28)17(27)3/h5-9,12-14,17H,10-11H2,1-4H3,(H,26,28). The Morgan fingerprint density at radius 2 is 1.83 bits per heavy atom. The smallest absolute Gasteiger partial charge is 0.254 e. The topological polar surface area (TPSA) is 58.6 Å². The maximum absolute atomic E-state index is 13.0. The van der Waals surface area contributed by atoms with Gasteiger partial charge in [0, 0.05) is 18.7 Å². The van der Waals surface area contributed by atoms with E-state index < -0.39 is 6.04 Å². The Kier molecular flexibility index (Phi) is 5.20. The van der Waals surface area contributed by atoms with Crippen LogP contribution in [0.25, 0.3) is 21.9 Å². The van der Waals surface area contributed by atoms with Gasteiger partial charge in [-0.2, -0.15) is 0 Å². The summed E-state index contributed by atoms with van der Waals surface area (Å²) in [5.41, 5.74) is 5.02. The number of nitrogens with zero attached hydrogens (tertiary/aromatic N) is 1. The van der Waals surface area contributed by atoms with Gasteiger partial charge in [-0.1, -0.05) is 24.3 Å². The molecule has 30 heavy (non-hydrogen) atoms. The van der Waals surface area contributed by atoms with Crippen LogP contribution in [-0.4, -0.2) is 43.0 Å². The summed E-state index contributed by atoms with van der Waals surface area (Å²) in [4.78, 5) is 26.6. The van der Waals surface area contributed by atoms with Gasteiger partial charge >= 0.3 is 0 Å². The number of nitrogens with one attached hydrogen (secondary N) is 1. The molecule has 1 atom stereocenters. The lowest BCUT2D eigenvalue weighted by atomic mass is 9.94. The van der Waals surface area contributed by atoms with Crippen LogP contribution in [0.3, 0.4) is 0 Å². The first-order valence-electron chi connectivity index (χ1n) is 10.2. The molecule has 0 aliphatic carbocycles. The molecule has 1 saturated heterocycles. The third kappa shape index (κ3) is 3.41. The fourth-order valence-electron chi connectivity index (χ4n) is 4.32. The monoisotopic (exact) mass is 402 g/mol. The van der Waals surface area contributed by atoms with E-state index >= 15 is 0 Å². The lowest BCUT2D eigenvalue weighted by Gasteiger charge is -2.32. The number of carbonyl (C=O) groups is 2. The molecule has 3 aromatic rings. The first-order valence-corrected chi connectivity index (χ1v) is 10.2. The van der Waals surface area contributed by atoms with E-state index in [1.54, 1.807) is 18.9 Å². The van der Waals surface area contributed by atoms with Crippen molar-refractivity contribution in [2.45, 2.75) is 26.8 Å². The Balaban J connectivity index is 1.74. The number of fused-ring (bicyclic) bond motifs is 1. The van der Waals surface area contributed by atoms with Crippen molar-refractivity contribution in [3.05, 3.63) is 65.2 Å². The fourth-order valence-corrected chi connectivity index (χ4v) is 4.32. The Morgan fingerprint density at radius 3 is 2.53 bits per heavy atom. The van der Waals surface area contributed by atoms with Gasteiger partial charge in [0.1, 0.15) is 11.8 Å². The summed E-state index contributed by atoms with van der Waals surface area (Å²) in [6.07, 6.45) is 0. The largest absolute Gasteiger partial charge is 0.496 e. The number of piperazine rings is 1. The predicted molar refractivity (Wildman–Crippen MR) is 119 cm³/mol. The molecule has 1 N–H and O–H groups in total. The third-order valence-electron chi connectivity index (χ3n) is 5.86. The molecular weight excluding hydrogens is 376 g/mol. The Hall–Kier alpha value is -3.34. The van der Waals surface area contributed by atoms with Crippen molar-refractivity contribution in [3.63, 3.8) is 0 Å². The second-order valence-electron chi connectivity index (χ2n) is 7.85. The number of ether oxygens (including phenoxy) is 1. The summed E-state index contributed by atoms with van der Waals surface area (Å²) >= 11 is 0. The number of hydrogen-bond acceptors (Lipinski definition) is 3. The highest BCUT2D eigenvalue weighted by Gasteiger charge is 2.29. The molecule has 0 aromatic heterocycles. The van der Waals surface area contributed by atoms with Crippen molar-refractivity contribution < 1.29 is 14.3 Å². The highest BCUT2D eigenvalue weighted by molar-refractivity contribution is 6.04. The van der Waals surface area contributed by atoms with Gasteiger partial charge in [0.15, 0.2) is 0 Å². The molecule has 4 rings (SSSR count). The number of rotatable bonds is 3. The third-order valence-corrected chi connectivity index (χ3v) is 5.86. The van der Waals surface area contributed by atoms with E-state index in [1.807, 2.05) is 44.2 Å². The number of carbonyl (C=O) groups excluding carboxylic acids is 2.